The van der Waals surface area contributed by atoms with Crippen LogP contribution in [0.4, 0.5) is 0 Å². The summed E-state index contributed by atoms with van der Waals surface area (Å²) in [5, 5.41) is 9.18. The van der Waals surface area contributed by atoms with Gasteiger partial charge in [-0.1, -0.05) is 47.6 Å². The lowest BCUT2D eigenvalue weighted by atomic mass is 10.1. The van der Waals surface area contributed by atoms with E-state index in [1.54, 1.807) is 7.11 Å². The number of benzene rings is 2. The molecule has 0 saturated carbocycles. The normalized spacial score (nSPS) is 10.7. The van der Waals surface area contributed by atoms with E-state index in [0.717, 1.165) is 21.6 Å². The smallest absolute Gasteiger partial charge is 0.294 e. The van der Waals surface area contributed by atoms with Gasteiger partial charge in [-0.3, -0.25) is 4.79 Å². The second-order valence-electron chi connectivity index (χ2n) is 5.55. The van der Waals surface area contributed by atoms with Crippen LogP contribution < -0.4 is 16.1 Å². The molecule has 8 heteroatoms. The van der Waals surface area contributed by atoms with Crippen molar-refractivity contribution < 1.29 is 4.74 Å². The van der Waals surface area contributed by atoms with Gasteiger partial charge in [-0.2, -0.15) is 4.68 Å². The SMILES string of the molecule is COc1ccc(Cc2nnc(SCc3cccc(Cl)c3)n(N)c2=O)cc1. The van der Waals surface area contributed by atoms with E-state index >= 15 is 0 Å². The third kappa shape index (κ3) is 4.36. The lowest BCUT2D eigenvalue weighted by Gasteiger charge is -2.08. The third-order valence-corrected chi connectivity index (χ3v) is 4.96. The number of halogens is 1. The van der Waals surface area contributed by atoms with Gasteiger partial charge in [0.05, 0.1) is 7.11 Å². The molecule has 0 bridgehead atoms. The summed E-state index contributed by atoms with van der Waals surface area (Å²) in [6.07, 6.45) is 0.353. The largest absolute Gasteiger partial charge is 0.497 e. The molecule has 2 N–H and O–H groups in total. The Morgan fingerprint density at radius 2 is 1.92 bits per heavy atom. The molecule has 0 aliphatic rings. The van der Waals surface area contributed by atoms with Crippen molar-refractivity contribution in [3.8, 4) is 5.75 Å². The number of nitrogens with two attached hydrogens (primary N) is 1. The van der Waals surface area contributed by atoms with Crippen LogP contribution in [-0.2, 0) is 12.2 Å². The summed E-state index contributed by atoms with van der Waals surface area (Å²) in [4.78, 5) is 12.5. The standard InChI is InChI=1S/C18H17ClN4O2S/c1-25-15-7-5-12(6-8-15)10-16-17(24)23(20)18(22-21-16)26-11-13-3-2-4-14(19)9-13/h2-9H,10-11,20H2,1H3. The molecule has 1 heterocycles. The molecule has 0 saturated heterocycles. The number of nitrogen functional groups attached to an aromatic ring is 1. The Balaban J connectivity index is 1.74. The lowest BCUT2D eigenvalue weighted by molar-refractivity contribution is 0.414. The van der Waals surface area contributed by atoms with E-state index in [1.165, 1.54) is 11.8 Å². The Hall–Kier alpha value is -2.51. The number of aromatic nitrogens is 3. The molecular formula is C18H17ClN4O2S. The van der Waals surface area contributed by atoms with Crippen LogP contribution in [0.25, 0.3) is 0 Å². The maximum atomic E-state index is 12.5. The maximum absolute atomic E-state index is 12.5. The highest BCUT2D eigenvalue weighted by Gasteiger charge is 2.12. The molecule has 1 aromatic heterocycles. The van der Waals surface area contributed by atoms with Crippen LogP contribution in [0.1, 0.15) is 16.8 Å². The Labute approximate surface area is 159 Å². The molecule has 3 aromatic rings. The fraction of sp³-hybridized carbons (Fsp3) is 0.167. The molecular weight excluding hydrogens is 372 g/mol. The fourth-order valence-corrected chi connectivity index (χ4v) is 3.35. The van der Waals surface area contributed by atoms with E-state index in [0.29, 0.717) is 28.0 Å². The minimum Gasteiger partial charge on any atom is -0.497 e. The highest BCUT2D eigenvalue weighted by Crippen LogP contribution is 2.21. The molecule has 134 valence electrons. The van der Waals surface area contributed by atoms with Crippen molar-refractivity contribution in [2.24, 2.45) is 0 Å². The van der Waals surface area contributed by atoms with Crippen molar-refractivity contribution >= 4 is 23.4 Å². The van der Waals surface area contributed by atoms with Crippen molar-refractivity contribution in [3.05, 3.63) is 80.7 Å². The quantitative estimate of drug-likeness (QED) is 0.516. The van der Waals surface area contributed by atoms with Crippen LogP contribution in [0.2, 0.25) is 5.02 Å². The summed E-state index contributed by atoms with van der Waals surface area (Å²) < 4.78 is 6.17. The first-order valence-corrected chi connectivity index (χ1v) is 9.17. The van der Waals surface area contributed by atoms with Crippen LogP contribution in [0.15, 0.2) is 58.5 Å². The molecule has 0 unspecified atom stereocenters. The molecule has 3 rings (SSSR count). The van der Waals surface area contributed by atoms with Gasteiger partial charge in [0, 0.05) is 17.2 Å². The van der Waals surface area contributed by atoms with Gasteiger partial charge in [0.2, 0.25) is 5.16 Å². The summed E-state index contributed by atoms with van der Waals surface area (Å²) in [5.41, 5.74) is 1.88. The zero-order chi connectivity index (χ0) is 18.5. The molecule has 0 aliphatic heterocycles. The Kier molecular flexibility index (Phi) is 5.80. The molecule has 0 radical (unpaired) electrons. The average Bonchev–Trinajstić information content (AvgIpc) is 2.65. The predicted octanol–water partition coefficient (Wildman–Crippen LogP) is 2.90. The van der Waals surface area contributed by atoms with E-state index in [2.05, 4.69) is 10.2 Å². The van der Waals surface area contributed by atoms with E-state index in [4.69, 9.17) is 22.2 Å². The number of thioether (sulfide) groups is 1. The number of hydrogen-bond acceptors (Lipinski definition) is 6. The zero-order valence-corrected chi connectivity index (χ0v) is 15.6. The van der Waals surface area contributed by atoms with Gasteiger partial charge in [-0.05, 0) is 35.4 Å². The lowest BCUT2D eigenvalue weighted by Crippen LogP contribution is -2.33. The van der Waals surface area contributed by atoms with Crippen LogP contribution in [-0.4, -0.2) is 22.0 Å². The zero-order valence-electron chi connectivity index (χ0n) is 14.1. The molecule has 6 nitrogen and oxygen atoms in total. The average molecular weight is 389 g/mol. The second kappa shape index (κ2) is 8.25. The highest BCUT2D eigenvalue weighted by atomic mass is 35.5. The molecule has 26 heavy (non-hydrogen) atoms. The van der Waals surface area contributed by atoms with Crippen LogP contribution in [0.5, 0.6) is 5.75 Å². The van der Waals surface area contributed by atoms with Gasteiger partial charge >= 0.3 is 0 Å². The van der Waals surface area contributed by atoms with Crippen LogP contribution in [0, 0.1) is 0 Å². The summed E-state index contributed by atoms with van der Waals surface area (Å²) >= 11 is 7.31. The summed E-state index contributed by atoms with van der Waals surface area (Å²) in [6.45, 7) is 0. The van der Waals surface area contributed by atoms with E-state index in [9.17, 15) is 4.79 Å². The van der Waals surface area contributed by atoms with Gasteiger partial charge in [-0.25, -0.2) is 0 Å². The summed E-state index contributed by atoms with van der Waals surface area (Å²) in [5.74, 6) is 7.25. The Bertz CT molecular complexity index is 960. The fourth-order valence-electron chi connectivity index (χ4n) is 2.34. The molecule has 0 spiro atoms. The molecule has 0 aliphatic carbocycles. The summed E-state index contributed by atoms with van der Waals surface area (Å²) in [7, 11) is 1.60. The first kappa shape index (κ1) is 18.3. The molecule has 0 atom stereocenters. The van der Waals surface area contributed by atoms with Crippen molar-refractivity contribution in [1.29, 1.82) is 0 Å². The first-order valence-electron chi connectivity index (χ1n) is 7.80. The van der Waals surface area contributed by atoms with Crippen LogP contribution in [0.3, 0.4) is 0 Å². The molecule has 2 aromatic carbocycles. The van der Waals surface area contributed by atoms with Gasteiger partial charge in [0.15, 0.2) is 0 Å². The van der Waals surface area contributed by atoms with Gasteiger partial charge in [0.1, 0.15) is 11.4 Å². The topological polar surface area (TPSA) is 83.0 Å². The Morgan fingerprint density at radius 3 is 2.62 bits per heavy atom. The number of methoxy groups -OCH3 is 1. The molecule has 0 amide bonds. The van der Waals surface area contributed by atoms with E-state index in [-0.39, 0.29) is 5.56 Å². The van der Waals surface area contributed by atoms with Gasteiger partial charge in [-0.15, -0.1) is 10.2 Å². The van der Waals surface area contributed by atoms with E-state index < -0.39 is 0 Å². The molecule has 0 fully saturated rings. The predicted molar refractivity (Wildman–Crippen MR) is 103 cm³/mol. The summed E-state index contributed by atoms with van der Waals surface area (Å²) in [6, 6.07) is 14.9. The maximum Gasteiger partial charge on any atom is 0.294 e. The monoisotopic (exact) mass is 388 g/mol. The highest BCUT2D eigenvalue weighted by molar-refractivity contribution is 7.98. The van der Waals surface area contributed by atoms with Gasteiger partial charge < -0.3 is 10.6 Å². The minimum absolute atomic E-state index is 0.296. The number of nitrogens with zero attached hydrogens (tertiary/aromatic N) is 3. The van der Waals surface area contributed by atoms with E-state index in [1.807, 2.05) is 48.5 Å². The Morgan fingerprint density at radius 1 is 1.15 bits per heavy atom. The third-order valence-electron chi connectivity index (χ3n) is 3.72. The van der Waals surface area contributed by atoms with Crippen molar-refractivity contribution in [1.82, 2.24) is 14.9 Å². The number of ether oxygens (including phenoxy) is 1. The number of rotatable bonds is 6. The van der Waals surface area contributed by atoms with Crippen molar-refractivity contribution in [2.75, 3.05) is 13.0 Å². The van der Waals surface area contributed by atoms with Crippen LogP contribution >= 0.6 is 23.4 Å². The van der Waals surface area contributed by atoms with Crippen molar-refractivity contribution in [2.45, 2.75) is 17.3 Å². The first-order chi connectivity index (χ1) is 12.6. The number of hydrogen-bond donors (Lipinski definition) is 1. The second-order valence-corrected chi connectivity index (χ2v) is 6.93. The van der Waals surface area contributed by atoms with Gasteiger partial charge in [0.25, 0.3) is 5.56 Å². The van der Waals surface area contributed by atoms with Crippen molar-refractivity contribution in [3.63, 3.8) is 0 Å². The minimum atomic E-state index is -0.357.